The number of nitrogens with one attached hydrogen (secondary N) is 2. The molecule has 1 aliphatic rings. The summed E-state index contributed by atoms with van der Waals surface area (Å²) in [5.41, 5.74) is 4.82. The van der Waals surface area contributed by atoms with Gasteiger partial charge in [0.1, 0.15) is 11.4 Å². The van der Waals surface area contributed by atoms with Crippen LogP contribution in [0.4, 0.5) is 10.5 Å². The Bertz CT molecular complexity index is 467. The van der Waals surface area contributed by atoms with Gasteiger partial charge in [-0.3, -0.25) is 4.79 Å². The Morgan fingerprint density at radius 2 is 2.00 bits per heavy atom. The summed E-state index contributed by atoms with van der Waals surface area (Å²) >= 11 is 0. The number of rotatable bonds is 4. The summed E-state index contributed by atoms with van der Waals surface area (Å²) in [7, 11) is 0. The lowest BCUT2D eigenvalue weighted by molar-refractivity contribution is -0.120. The molecule has 18 heavy (non-hydrogen) atoms. The summed E-state index contributed by atoms with van der Waals surface area (Å²) in [6.07, 6.45) is 4.95. The lowest BCUT2D eigenvalue weighted by Gasteiger charge is -2.13. The van der Waals surface area contributed by atoms with Crippen molar-refractivity contribution in [1.29, 1.82) is 0 Å². The smallest absolute Gasteiger partial charge is 0.320 e. The maximum atomic E-state index is 11.6. The molecule has 0 aliphatic heterocycles. The molecule has 2 rings (SSSR count). The Balaban J connectivity index is 1.93. The number of primary amides is 1. The van der Waals surface area contributed by atoms with Crippen molar-refractivity contribution in [2.75, 3.05) is 5.32 Å². The molecule has 1 fully saturated rings. The van der Waals surface area contributed by atoms with Crippen molar-refractivity contribution in [2.24, 2.45) is 5.73 Å². The third-order valence-electron chi connectivity index (χ3n) is 2.85. The highest BCUT2D eigenvalue weighted by atomic mass is 16.2. The van der Waals surface area contributed by atoms with Gasteiger partial charge < -0.3 is 16.4 Å². The molecule has 0 atom stereocenters. The zero-order valence-electron chi connectivity index (χ0n) is 10.1. The number of amides is 3. The van der Waals surface area contributed by atoms with Gasteiger partial charge in [-0.2, -0.15) is 0 Å². The Morgan fingerprint density at radius 1 is 1.39 bits per heavy atom. The van der Waals surface area contributed by atoms with Crippen molar-refractivity contribution < 1.29 is 9.59 Å². The number of aryl methyl sites for hydroxylation is 1. The van der Waals surface area contributed by atoms with Gasteiger partial charge in [-0.25, -0.2) is 14.8 Å². The zero-order chi connectivity index (χ0) is 13.2. The predicted molar refractivity (Wildman–Crippen MR) is 64.7 cm³/mol. The summed E-state index contributed by atoms with van der Waals surface area (Å²) in [5.74, 6) is 0.201. The first-order chi connectivity index (χ1) is 8.55. The molecule has 0 saturated heterocycles. The Labute approximate surface area is 104 Å². The van der Waals surface area contributed by atoms with Crippen LogP contribution in [-0.2, 0) is 11.2 Å². The maximum absolute atomic E-state index is 11.6. The molecule has 7 heteroatoms. The second-order valence-corrected chi connectivity index (χ2v) is 4.27. The molecule has 1 aromatic rings. The molecule has 96 valence electrons. The third-order valence-corrected chi connectivity index (χ3v) is 2.85. The van der Waals surface area contributed by atoms with Crippen LogP contribution >= 0.6 is 0 Å². The largest absolute Gasteiger partial charge is 0.368 e. The first-order valence-electron chi connectivity index (χ1n) is 5.76. The van der Waals surface area contributed by atoms with Gasteiger partial charge in [0.15, 0.2) is 0 Å². The molecule has 0 spiro atoms. The Hall–Kier alpha value is -2.18. The molecular formula is C11H15N5O2. The number of nitrogens with zero attached hydrogens (tertiary/aromatic N) is 2. The monoisotopic (exact) mass is 249 g/mol. The molecule has 7 nitrogen and oxygen atoms in total. The predicted octanol–water partition coefficient (Wildman–Crippen LogP) is 0.178. The maximum Gasteiger partial charge on any atom is 0.320 e. The van der Waals surface area contributed by atoms with E-state index < -0.39 is 17.5 Å². The molecule has 1 aromatic heterocycles. The molecular weight excluding hydrogens is 234 g/mol. The van der Waals surface area contributed by atoms with Crippen LogP contribution in [0.3, 0.4) is 0 Å². The fraction of sp³-hybridized carbons (Fsp3) is 0.455. The minimum Gasteiger partial charge on any atom is -0.368 e. The van der Waals surface area contributed by atoms with E-state index >= 15 is 0 Å². The van der Waals surface area contributed by atoms with E-state index in [0.29, 0.717) is 24.4 Å². The van der Waals surface area contributed by atoms with Crippen molar-refractivity contribution in [3.63, 3.8) is 0 Å². The SMILES string of the molecule is CCc1ncc(NC(=O)NC2(C(N)=O)CC2)cn1. The molecule has 4 N–H and O–H groups in total. The summed E-state index contributed by atoms with van der Waals surface area (Å²) < 4.78 is 0. The van der Waals surface area contributed by atoms with Gasteiger partial charge in [-0.05, 0) is 12.8 Å². The van der Waals surface area contributed by atoms with Gasteiger partial charge in [0.2, 0.25) is 5.91 Å². The molecule has 1 aliphatic carbocycles. The van der Waals surface area contributed by atoms with Crippen LogP contribution in [0.2, 0.25) is 0 Å². The highest BCUT2D eigenvalue weighted by molar-refractivity contribution is 5.97. The molecule has 0 unspecified atom stereocenters. The normalized spacial score (nSPS) is 15.8. The van der Waals surface area contributed by atoms with Crippen molar-refractivity contribution in [1.82, 2.24) is 15.3 Å². The number of anilines is 1. The summed E-state index contributed by atoms with van der Waals surface area (Å²) in [4.78, 5) is 30.9. The van der Waals surface area contributed by atoms with Crippen LogP contribution in [0.1, 0.15) is 25.6 Å². The number of carbonyl (C=O) groups is 2. The van der Waals surface area contributed by atoms with Crippen LogP contribution in [-0.4, -0.2) is 27.4 Å². The number of hydrogen-bond acceptors (Lipinski definition) is 4. The van der Waals surface area contributed by atoms with E-state index in [9.17, 15) is 9.59 Å². The van der Waals surface area contributed by atoms with Crippen LogP contribution in [0.25, 0.3) is 0 Å². The average molecular weight is 249 g/mol. The standard InChI is InChI=1S/C11H15N5O2/c1-2-8-13-5-7(6-14-8)15-10(18)16-11(3-4-11)9(12)17/h5-6H,2-4H2,1H3,(H2,12,17)(H2,15,16,18). The second kappa shape index (κ2) is 4.59. The quantitative estimate of drug-likeness (QED) is 0.706. The fourth-order valence-corrected chi connectivity index (χ4v) is 1.54. The molecule has 0 aromatic carbocycles. The summed E-state index contributed by atoms with van der Waals surface area (Å²) in [6, 6.07) is -0.473. The van der Waals surface area contributed by atoms with Crippen LogP contribution < -0.4 is 16.4 Å². The van der Waals surface area contributed by atoms with Gasteiger partial charge >= 0.3 is 6.03 Å². The number of nitrogens with two attached hydrogens (primary N) is 1. The minimum atomic E-state index is -0.867. The zero-order valence-corrected chi connectivity index (χ0v) is 10.1. The van der Waals surface area contributed by atoms with Gasteiger partial charge in [-0.1, -0.05) is 6.92 Å². The lowest BCUT2D eigenvalue weighted by atomic mass is 10.2. The Morgan fingerprint density at radius 3 is 2.44 bits per heavy atom. The highest BCUT2D eigenvalue weighted by Gasteiger charge is 2.49. The van der Waals surface area contributed by atoms with Gasteiger partial charge in [0.05, 0.1) is 18.1 Å². The van der Waals surface area contributed by atoms with Gasteiger partial charge in [0.25, 0.3) is 0 Å². The van der Waals surface area contributed by atoms with E-state index in [-0.39, 0.29) is 0 Å². The molecule has 0 radical (unpaired) electrons. The highest BCUT2D eigenvalue weighted by Crippen LogP contribution is 2.34. The van der Waals surface area contributed by atoms with E-state index in [4.69, 9.17) is 5.73 Å². The second-order valence-electron chi connectivity index (χ2n) is 4.27. The minimum absolute atomic E-state index is 0.473. The van der Waals surface area contributed by atoms with Crippen molar-refractivity contribution in [3.8, 4) is 0 Å². The molecule has 1 saturated carbocycles. The van der Waals surface area contributed by atoms with Crippen LogP contribution in [0.5, 0.6) is 0 Å². The fourth-order valence-electron chi connectivity index (χ4n) is 1.54. The first-order valence-corrected chi connectivity index (χ1v) is 5.76. The first kappa shape index (κ1) is 12.3. The topological polar surface area (TPSA) is 110 Å². The summed E-state index contributed by atoms with van der Waals surface area (Å²) in [5, 5.41) is 5.13. The van der Waals surface area contributed by atoms with Gasteiger partial charge in [-0.15, -0.1) is 0 Å². The van der Waals surface area contributed by atoms with Crippen LogP contribution in [0.15, 0.2) is 12.4 Å². The van der Waals surface area contributed by atoms with E-state index in [2.05, 4.69) is 20.6 Å². The van der Waals surface area contributed by atoms with Crippen molar-refractivity contribution in [3.05, 3.63) is 18.2 Å². The number of aromatic nitrogens is 2. The van der Waals surface area contributed by atoms with E-state index in [1.807, 2.05) is 6.92 Å². The van der Waals surface area contributed by atoms with E-state index in [1.165, 1.54) is 12.4 Å². The van der Waals surface area contributed by atoms with Gasteiger partial charge in [0, 0.05) is 6.42 Å². The third kappa shape index (κ3) is 2.55. The Kier molecular flexibility index (Phi) is 3.14. The van der Waals surface area contributed by atoms with Crippen LogP contribution in [0, 0.1) is 0 Å². The van der Waals surface area contributed by atoms with E-state index in [0.717, 1.165) is 6.42 Å². The lowest BCUT2D eigenvalue weighted by Crippen LogP contribution is -2.48. The summed E-state index contributed by atoms with van der Waals surface area (Å²) in [6.45, 7) is 1.94. The molecule has 1 heterocycles. The number of urea groups is 1. The molecule has 0 bridgehead atoms. The number of carbonyl (C=O) groups excluding carboxylic acids is 2. The van der Waals surface area contributed by atoms with E-state index in [1.54, 1.807) is 0 Å². The van der Waals surface area contributed by atoms with Crippen molar-refractivity contribution >= 4 is 17.6 Å². The van der Waals surface area contributed by atoms with Crippen molar-refractivity contribution in [2.45, 2.75) is 31.7 Å². The average Bonchev–Trinajstić information content (AvgIpc) is 3.11. The molecule has 3 amide bonds. The number of hydrogen-bond donors (Lipinski definition) is 3.